The second-order valence-electron chi connectivity index (χ2n) is 3.55. The smallest absolute Gasteiger partial charge is 0.336 e. The van der Waals surface area contributed by atoms with Crippen LogP contribution in [0.3, 0.4) is 0 Å². The van der Waals surface area contributed by atoms with E-state index in [0.717, 1.165) is 5.56 Å². The SMILES string of the molecule is Cc1ccc(Nc2cnccn2)cc1C(=O)O. The van der Waals surface area contributed by atoms with Gasteiger partial charge >= 0.3 is 5.97 Å². The van der Waals surface area contributed by atoms with Gasteiger partial charge in [0.1, 0.15) is 5.82 Å². The van der Waals surface area contributed by atoms with Gasteiger partial charge in [-0.25, -0.2) is 9.78 Å². The summed E-state index contributed by atoms with van der Waals surface area (Å²) in [6.07, 6.45) is 4.71. The molecule has 1 heterocycles. The molecular formula is C12H11N3O2. The molecule has 0 saturated carbocycles. The summed E-state index contributed by atoms with van der Waals surface area (Å²) in [6, 6.07) is 5.13. The third kappa shape index (κ3) is 2.57. The first-order chi connectivity index (χ1) is 8.16. The zero-order valence-electron chi connectivity index (χ0n) is 9.21. The lowest BCUT2D eigenvalue weighted by Gasteiger charge is -2.07. The average molecular weight is 229 g/mol. The second kappa shape index (κ2) is 4.61. The topological polar surface area (TPSA) is 75.1 Å². The van der Waals surface area contributed by atoms with E-state index in [-0.39, 0.29) is 5.56 Å². The molecule has 2 N–H and O–H groups in total. The maximum Gasteiger partial charge on any atom is 0.336 e. The first kappa shape index (κ1) is 11.1. The number of nitrogens with zero attached hydrogens (tertiary/aromatic N) is 2. The molecule has 0 bridgehead atoms. The highest BCUT2D eigenvalue weighted by Gasteiger charge is 2.07. The van der Waals surface area contributed by atoms with Crippen LogP contribution in [0.2, 0.25) is 0 Å². The molecule has 0 saturated heterocycles. The number of anilines is 2. The number of benzene rings is 1. The van der Waals surface area contributed by atoms with Gasteiger partial charge in [-0.15, -0.1) is 0 Å². The quantitative estimate of drug-likeness (QED) is 0.844. The molecule has 0 aliphatic heterocycles. The first-order valence-electron chi connectivity index (χ1n) is 5.04. The number of rotatable bonds is 3. The lowest BCUT2D eigenvalue weighted by atomic mass is 10.1. The number of carboxylic acids is 1. The number of hydrogen-bond donors (Lipinski definition) is 2. The Hall–Kier alpha value is -2.43. The standard InChI is InChI=1S/C12H11N3O2/c1-8-2-3-9(6-10(8)12(16)17)15-11-7-13-4-5-14-11/h2-7H,1H3,(H,14,15)(H,16,17). The Morgan fingerprint density at radius 1 is 1.35 bits per heavy atom. The summed E-state index contributed by atoms with van der Waals surface area (Å²) < 4.78 is 0. The molecule has 2 aromatic rings. The molecule has 2 rings (SSSR count). The lowest BCUT2D eigenvalue weighted by Crippen LogP contribution is -2.01. The van der Waals surface area contributed by atoms with Crippen LogP contribution in [0.5, 0.6) is 0 Å². The van der Waals surface area contributed by atoms with Gasteiger partial charge in [0.15, 0.2) is 0 Å². The fourth-order valence-electron chi connectivity index (χ4n) is 1.44. The summed E-state index contributed by atoms with van der Waals surface area (Å²) in [4.78, 5) is 18.9. The van der Waals surface area contributed by atoms with Crippen LogP contribution >= 0.6 is 0 Å². The summed E-state index contributed by atoms with van der Waals surface area (Å²) in [6.45, 7) is 1.76. The molecule has 1 aromatic heterocycles. The summed E-state index contributed by atoms with van der Waals surface area (Å²) in [5.41, 5.74) is 1.68. The van der Waals surface area contributed by atoms with Crippen LogP contribution in [0.1, 0.15) is 15.9 Å². The Labute approximate surface area is 98.2 Å². The highest BCUT2D eigenvalue weighted by molar-refractivity contribution is 5.90. The Morgan fingerprint density at radius 2 is 2.18 bits per heavy atom. The number of hydrogen-bond acceptors (Lipinski definition) is 4. The first-order valence-corrected chi connectivity index (χ1v) is 5.04. The number of nitrogens with one attached hydrogen (secondary N) is 1. The van der Waals surface area contributed by atoms with E-state index in [1.54, 1.807) is 43.7 Å². The second-order valence-corrected chi connectivity index (χ2v) is 3.55. The van der Waals surface area contributed by atoms with Gasteiger partial charge in [0.2, 0.25) is 0 Å². The van der Waals surface area contributed by atoms with Crippen molar-refractivity contribution in [3.8, 4) is 0 Å². The molecule has 0 radical (unpaired) electrons. The normalized spacial score (nSPS) is 9.94. The largest absolute Gasteiger partial charge is 0.478 e. The van der Waals surface area contributed by atoms with Crippen molar-refractivity contribution in [1.82, 2.24) is 9.97 Å². The number of carbonyl (C=O) groups is 1. The summed E-state index contributed by atoms with van der Waals surface area (Å²) in [5.74, 6) is -0.363. The summed E-state index contributed by atoms with van der Waals surface area (Å²) >= 11 is 0. The minimum atomic E-state index is -0.940. The van der Waals surface area contributed by atoms with Crippen LogP contribution in [0.15, 0.2) is 36.8 Å². The Morgan fingerprint density at radius 3 is 2.82 bits per heavy atom. The van der Waals surface area contributed by atoms with E-state index in [1.807, 2.05) is 0 Å². The molecule has 0 aliphatic rings. The zero-order valence-corrected chi connectivity index (χ0v) is 9.21. The van der Waals surface area contributed by atoms with E-state index in [2.05, 4.69) is 15.3 Å². The predicted molar refractivity (Wildman–Crippen MR) is 63.5 cm³/mol. The van der Waals surface area contributed by atoms with Crippen molar-refractivity contribution in [2.45, 2.75) is 6.92 Å². The van der Waals surface area contributed by atoms with Gasteiger partial charge in [-0.1, -0.05) is 6.07 Å². The van der Waals surface area contributed by atoms with Crippen molar-refractivity contribution < 1.29 is 9.90 Å². The molecular weight excluding hydrogens is 218 g/mol. The molecule has 5 heteroatoms. The molecule has 5 nitrogen and oxygen atoms in total. The molecule has 0 aliphatic carbocycles. The van der Waals surface area contributed by atoms with Gasteiger partial charge in [0.25, 0.3) is 0 Å². The third-order valence-electron chi connectivity index (χ3n) is 2.30. The third-order valence-corrected chi connectivity index (χ3v) is 2.30. The van der Waals surface area contributed by atoms with Crippen molar-refractivity contribution in [1.29, 1.82) is 0 Å². The molecule has 0 amide bonds. The van der Waals surface area contributed by atoms with E-state index in [9.17, 15) is 4.79 Å². The molecule has 0 unspecified atom stereocenters. The van der Waals surface area contributed by atoms with Gasteiger partial charge in [0, 0.05) is 18.1 Å². The van der Waals surface area contributed by atoms with Crippen LogP contribution in [0.4, 0.5) is 11.5 Å². The fraction of sp³-hybridized carbons (Fsp3) is 0.0833. The van der Waals surface area contributed by atoms with Gasteiger partial charge < -0.3 is 10.4 Å². The molecule has 0 fully saturated rings. The highest BCUT2D eigenvalue weighted by atomic mass is 16.4. The van der Waals surface area contributed by atoms with Crippen LogP contribution in [0.25, 0.3) is 0 Å². The molecule has 1 aromatic carbocycles. The van der Waals surface area contributed by atoms with Gasteiger partial charge in [-0.3, -0.25) is 4.98 Å². The van der Waals surface area contributed by atoms with Crippen molar-refractivity contribution in [3.05, 3.63) is 47.9 Å². The van der Waals surface area contributed by atoms with Crippen LogP contribution in [-0.4, -0.2) is 21.0 Å². The highest BCUT2D eigenvalue weighted by Crippen LogP contribution is 2.18. The average Bonchev–Trinajstić information content (AvgIpc) is 2.32. The van der Waals surface area contributed by atoms with Gasteiger partial charge in [-0.2, -0.15) is 0 Å². The minimum Gasteiger partial charge on any atom is -0.478 e. The predicted octanol–water partition coefficient (Wildman–Crippen LogP) is 2.23. The van der Waals surface area contributed by atoms with Crippen LogP contribution in [0, 0.1) is 6.92 Å². The van der Waals surface area contributed by atoms with Crippen molar-refractivity contribution in [3.63, 3.8) is 0 Å². The molecule has 86 valence electrons. The Balaban J connectivity index is 2.29. The van der Waals surface area contributed by atoms with Crippen molar-refractivity contribution in [2.24, 2.45) is 0 Å². The minimum absolute atomic E-state index is 0.277. The van der Waals surface area contributed by atoms with Crippen LogP contribution < -0.4 is 5.32 Å². The molecule has 0 atom stereocenters. The van der Waals surface area contributed by atoms with E-state index in [0.29, 0.717) is 11.5 Å². The summed E-state index contributed by atoms with van der Waals surface area (Å²) in [7, 11) is 0. The molecule has 0 spiro atoms. The summed E-state index contributed by atoms with van der Waals surface area (Å²) in [5, 5.41) is 12.0. The number of carboxylic acid groups (broad SMARTS) is 1. The maximum atomic E-state index is 11.0. The number of aromatic nitrogens is 2. The number of aryl methyl sites for hydroxylation is 1. The fourth-order valence-corrected chi connectivity index (χ4v) is 1.44. The van der Waals surface area contributed by atoms with Crippen molar-refractivity contribution >= 4 is 17.5 Å². The van der Waals surface area contributed by atoms with Crippen LogP contribution in [-0.2, 0) is 0 Å². The van der Waals surface area contributed by atoms with Gasteiger partial charge in [-0.05, 0) is 24.6 Å². The number of aromatic carboxylic acids is 1. The van der Waals surface area contributed by atoms with Crippen molar-refractivity contribution in [2.75, 3.05) is 5.32 Å². The van der Waals surface area contributed by atoms with E-state index in [4.69, 9.17) is 5.11 Å². The van der Waals surface area contributed by atoms with E-state index >= 15 is 0 Å². The molecule has 17 heavy (non-hydrogen) atoms. The Kier molecular flexibility index (Phi) is 3.00. The monoisotopic (exact) mass is 229 g/mol. The zero-order chi connectivity index (χ0) is 12.3. The van der Waals surface area contributed by atoms with Gasteiger partial charge in [0.05, 0.1) is 11.8 Å². The lowest BCUT2D eigenvalue weighted by molar-refractivity contribution is 0.0696. The maximum absolute atomic E-state index is 11.0. The Bertz CT molecular complexity index is 541. The van der Waals surface area contributed by atoms with E-state index < -0.39 is 5.97 Å². The van der Waals surface area contributed by atoms with E-state index in [1.165, 1.54) is 0 Å².